The van der Waals surface area contributed by atoms with Gasteiger partial charge in [0.25, 0.3) is 0 Å². The summed E-state index contributed by atoms with van der Waals surface area (Å²) >= 11 is 0. The number of phosphoric ester groups is 1. The molecular weight excluding hydrogens is 798 g/mol. The molecule has 0 radical (unpaired) electrons. The Labute approximate surface area is 382 Å². The SMILES string of the molecule is CCCCC/C=C\C/C=C\CCCCCCCCCCCC(=O)OC(COC(=O)CCCCCCCCCCC/C=C\CCCCCCCC)COP(=O)(O)OCC[N+](C)(C)C. The minimum Gasteiger partial charge on any atom is -0.462 e. The number of quaternary nitrogens is 1. The summed E-state index contributed by atoms with van der Waals surface area (Å²) in [4.78, 5) is 35.5. The molecule has 0 aromatic carbocycles. The first-order valence-electron chi connectivity index (χ1n) is 25.7. The molecule has 62 heavy (non-hydrogen) atoms. The van der Waals surface area contributed by atoms with Crippen LogP contribution in [0, 0.1) is 0 Å². The number of nitrogens with zero attached hydrogens (tertiary/aromatic N) is 1. The fraction of sp³-hybridized carbons (Fsp3) is 0.846. The van der Waals surface area contributed by atoms with Crippen molar-refractivity contribution in [1.82, 2.24) is 0 Å². The molecule has 0 rings (SSSR count). The van der Waals surface area contributed by atoms with Gasteiger partial charge in [0.1, 0.15) is 19.8 Å². The molecule has 0 aromatic heterocycles. The maximum absolute atomic E-state index is 12.8. The number of esters is 2. The van der Waals surface area contributed by atoms with E-state index in [-0.39, 0.29) is 32.0 Å². The number of rotatable bonds is 47. The van der Waals surface area contributed by atoms with Crippen molar-refractivity contribution in [3.63, 3.8) is 0 Å². The lowest BCUT2D eigenvalue weighted by Crippen LogP contribution is -2.37. The van der Waals surface area contributed by atoms with Gasteiger partial charge in [-0.25, -0.2) is 4.57 Å². The summed E-state index contributed by atoms with van der Waals surface area (Å²) in [5.41, 5.74) is 0. The van der Waals surface area contributed by atoms with Crippen molar-refractivity contribution in [2.24, 2.45) is 0 Å². The van der Waals surface area contributed by atoms with E-state index >= 15 is 0 Å². The monoisotopic (exact) mass is 897 g/mol. The quantitative estimate of drug-likeness (QED) is 0.0212. The second kappa shape index (κ2) is 44.4. The maximum Gasteiger partial charge on any atom is 0.472 e. The van der Waals surface area contributed by atoms with E-state index in [2.05, 4.69) is 50.3 Å². The average molecular weight is 897 g/mol. The van der Waals surface area contributed by atoms with Gasteiger partial charge in [0, 0.05) is 12.8 Å². The topological polar surface area (TPSA) is 108 Å². The molecule has 2 atom stereocenters. The van der Waals surface area contributed by atoms with E-state index in [4.69, 9.17) is 18.5 Å². The van der Waals surface area contributed by atoms with Crippen LogP contribution in [0.3, 0.4) is 0 Å². The normalized spacial score (nSPS) is 13.7. The van der Waals surface area contributed by atoms with Crippen molar-refractivity contribution < 1.29 is 42.1 Å². The van der Waals surface area contributed by atoms with Gasteiger partial charge < -0.3 is 18.9 Å². The van der Waals surface area contributed by atoms with Crippen molar-refractivity contribution in [2.75, 3.05) is 47.5 Å². The number of phosphoric acid groups is 1. The highest BCUT2D eigenvalue weighted by molar-refractivity contribution is 7.47. The van der Waals surface area contributed by atoms with Crippen LogP contribution in [-0.4, -0.2) is 74.9 Å². The second-order valence-electron chi connectivity index (χ2n) is 18.5. The van der Waals surface area contributed by atoms with Crippen LogP contribution in [0.2, 0.25) is 0 Å². The van der Waals surface area contributed by atoms with Crippen LogP contribution in [0.15, 0.2) is 36.5 Å². The molecule has 0 aromatic rings. The number of allylic oxidation sites excluding steroid dienone is 6. The first-order chi connectivity index (χ1) is 30.0. The third kappa shape index (κ3) is 47.7. The third-order valence-corrected chi connectivity index (χ3v) is 12.1. The maximum atomic E-state index is 12.8. The molecule has 0 aliphatic rings. The first-order valence-corrected chi connectivity index (χ1v) is 27.2. The minimum atomic E-state index is -4.38. The van der Waals surface area contributed by atoms with Gasteiger partial charge in [0.05, 0.1) is 27.7 Å². The lowest BCUT2D eigenvalue weighted by molar-refractivity contribution is -0.870. The van der Waals surface area contributed by atoms with Crippen LogP contribution in [0.4, 0.5) is 0 Å². The van der Waals surface area contributed by atoms with Gasteiger partial charge in [-0.1, -0.05) is 185 Å². The van der Waals surface area contributed by atoms with Gasteiger partial charge in [0.15, 0.2) is 6.10 Å². The predicted molar refractivity (Wildman–Crippen MR) is 261 cm³/mol. The molecule has 1 N–H and O–H groups in total. The summed E-state index contributed by atoms with van der Waals surface area (Å²) in [6, 6.07) is 0. The Morgan fingerprint density at radius 2 is 0.871 bits per heavy atom. The predicted octanol–water partition coefficient (Wildman–Crippen LogP) is 15.3. The summed E-state index contributed by atoms with van der Waals surface area (Å²) in [6.07, 6.45) is 51.9. The minimum absolute atomic E-state index is 0.0309. The number of hydrogen-bond donors (Lipinski definition) is 1. The molecule has 0 heterocycles. The molecule has 0 aliphatic heterocycles. The standard InChI is InChI=1S/C52H98NO8P/c1-6-8-10-12-14-16-18-20-22-24-26-28-30-32-34-36-38-40-42-44-51(54)58-48-50(49-60-62(56,57)59-47-46-53(3,4)5)61-52(55)45-43-41-39-37-35-33-31-29-27-25-23-21-19-17-15-13-11-9-7-2/h15,17,20-23,50H,6-14,16,18-19,24-49H2,1-5H3/p+1/b17-15-,22-20-,23-21-. The average Bonchev–Trinajstić information content (AvgIpc) is 3.23. The Bertz CT molecular complexity index is 1150. The van der Waals surface area contributed by atoms with E-state index in [1.54, 1.807) is 0 Å². The van der Waals surface area contributed by atoms with Crippen molar-refractivity contribution >= 4 is 19.8 Å². The molecule has 0 saturated carbocycles. The van der Waals surface area contributed by atoms with Crippen LogP contribution in [0.1, 0.15) is 232 Å². The second-order valence-corrected chi connectivity index (χ2v) is 20.0. The lowest BCUT2D eigenvalue weighted by atomic mass is 10.1. The summed E-state index contributed by atoms with van der Waals surface area (Å²) in [5, 5.41) is 0. The third-order valence-electron chi connectivity index (χ3n) is 11.1. The Morgan fingerprint density at radius 3 is 1.32 bits per heavy atom. The molecule has 9 nitrogen and oxygen atoms in total. The smallest absolute Gasteiger partial charge is 0.462 e. The zero-order valence-corrected chi connectivity index (χ0v) is 42.0. The van der Waals surface area contributed by atoms with Crippen LogP contribution < -0.4 is 0 Å². The van der Waals surface area contributed by atoms with E-state index in [0.29, 0.717) is 17.4 Å². The zero-order valence-electron chi connectivity index (χ0n) is 41.1. The first kappa shape index (κ1) is 60.2. The number of hydrogen-bond acceptors (Lipinski definition) is 7. The number of unbranched alkanes of at least 4 members (excludes halogenated alkanes) is 27. The molecule has 0 amide bonds. The summed E-state index contributed by atoms with van der Waals surface area (Å²) < 4.78 is 34.5. The number of likely N-dealkylation sites (N-methyl/N-ethyl adjacent to an activating group) is 1. The zero-order chi connectivity index (χ0) is 45.7. The highest BCUT2D eigenvalue weighted by Crippen LogP contribution is 2.43. The van der Waals surface area contributed by atoms with E-state index in [0.717, 1.165) is 51.4 Å². The van der Waals surface area contributed by atoms with Gasteiger partial charge in [-0.05, 0) is 70.6 Å². The van der Waals surface area contributed by atoms with Gasteiger partial charge >= 0.3 is 19.8 Å². The molecule has 0 aliphatic carbocycles. The molecule has 0 saturated heterocycles. The Morgan fingerprint density at radius 1 is 0.500 bits per heavy atom. The van der Waals surface area contributed by atoms with Crippen molar-refractivity contribution in [3.8, 4) is 0 Å². The lowest BCUT2D eigenvalue weighted by Gasteiger charge is -2.24. The number of ether oxygens (including phenoxy) is 2. The number of carbonyl (C=O) groups excluding carboxylic acids is 2. The van der Waals surface area contributed by atoms with E-state index in [1.807, 2.05) is 21.1 Å². The molecule has 0 bridgehead atoms. The molecule has 2 unspecified atom stereocenters. The fourth-order valence-electron chi connectivity index (χ4n) is 7.10. The summed E-state index contributed by atoms with van der Waals surface area (Å²) in [6.45, 7) is 4.42. The van der Waals surface area contributed by atoms with E-state index in [1.165, 1.54) is 148 Å². The molecule has 10 heteroatoms. The summed E-state index contributed by atoms with van der Waals surface area (Å²) in [5.74, 6) is -0.798. The largest absolute Gasteiger partial charge is 0.472 e. The Hall–Kier alpha value is -1.77. The highest BCUT2D eigenvalue weighted by Gasteiger charge is 2.27. The fourth-order valence-corrected chi connectivity index (χ4v) is 7.84. The van der Waals surface area contributed by atoms with Crippen molar-refractivity contribution in [2.45, 2.75) is 238 Å². The van der Waals surface area contributed by atoms with Crippen LogP contribution in [-0.2, 0) is 32.7 Å². The molecule has 364 valence electrons. The summed E-state index contributed by atoms with van der Waals surface area (Å²) in [7, 11) is 1.48. The van der Waals surface area contributed by atoms with Crippen LogP contribution >= 0.6 is 7.82 Å². The molecule has 0 spiro atoms. The van der Waals surface area contributed by atoms with Crippen LogP contribution in [0.25, 0.3) is 0 Å². The van der Waals surface area contributed by atoms with E-state index in [9.17, 15) is 19.0 Å². The Balaban J connectivity index is 4.25. The molecule has 0 fully saturated rings. The van der Waals surface area contributed by atoms with Crippen molar-refractivity contribution in [1.29, 1.82) is 0 Å². The highest BCUT2D eigenvalue weighted by atomic mass is 31.2. The van der Waals surface area contributed by atoms with Crippen LogP contribution in [0.5, 0.6) is 0 Å². The van der Waals surface area contributed by atoms with E-state index < -0.39 is 26.5 Å². The van der Waals surface area contributed by atoms with Gasteiger partial charge in [-0.3, -0.25) is 18.6 Å². The number of carbonyl (C=O) groups is 2. The molecular formula is C52H99NO8P+. The van der Waals surface area contributed by atoms with Gasteiger partial charge in [-0.2, -0.15) is 0 Å². The Kier molecular flexibility index (Phi) is 43.2. The van der Waals surface area contributed by atoms with Gasteiger partial charge in [0.2, 0.25) is 0 Å². The van der Waals surface area contributed by atoms with Gasteiger partial charge in [-0.15, -0.1) is 0 Å². The van der Waals surface area contributed by atoms with Crippen molar-refractivity contribution in [3.05, 3.63) is 36.5 Å².